The topological polar surface area (TPSA) is 20.2 Å². The highest BCUT2D eigenvalue weighted by molar-refractivity contribution is 5.45. The van der Waals surface area contributed by atoms with Crippen molar-refractivity contribution >= 4 is 0 Å². The first-order valence-electron chi connectivity index (χ1n) is 9.52. The number of aryl methyl sites for hydroxylation is 2. The van der Waals surface area contributed by atoms with Crippen LogP contribution in [-0.2, 0) is 12.8 Å². The first-order chi connectivity index (χ1) is 10.7. The van der Waals surface area contributed by atoms with E-state index in [1.165, 1.54) is 55.2 Å². The normalized spacial score (nSPS) is 12.5. The van der Waals surface area contributed by atoms with E-state index >= 15 is 0 Å². The monoisotopic (exact) mass is 304 g/mol. The number of unbranched alkanes of at least 4 members (excludes halogenated alkanes) is 2. The summed E-state index contributed by atoms with van der Waals surface area (Å²) < 4.78 is 0. The molecule has 0 aliphatic rings. The van der Waals surface area contributed by atoms with Crippen LogP contribution in [0, 0.1) is 0 Å². The van der Waals surface area contributed by atoms with Crippen molar-refractivity contribution in [3.05, 3.63) is 28.8 Å². The van der Waals surface area contributed by atoms with Gasteiger partial charge in [-0.25, -0.2) is 0 Å². The lowest BCUT2D eigenvalue weighted by atomic mass is 9.86. The Kier molecular flexibility index (Phi) is 9.27. The van der Waals surface area contributed by atoms with Crippen LogP contribution in [0.1, 0.15) is 102 Å². The fraction of sp³-hybridized carbons (Fsp3) is 0.714. The molecule has 1 rings (SSSR count). The van der Waals surface area contributed by atoms with Crippen LogP contribution in [0.3, 0.4) is 0 Å². The molecule has 1 atom stereocenters. The second kappa shape index (κ2) is 10.7. The SMILES string of the molecule is CCCCc1cc(C(CCC)CCCC)cc(CCC)c1O. The summed E-state index contributed by atoms with van der Waals surface area (Å²) in [6.07, 6.45) is 11.8. The minimum atomic E-state index is 0.574. The molecule has 126 valence electrons. The van der Waals surface area contributed by atoms with Crippen LogP contribution in [-0.4, -0.2) is 5.11 Å². The highest BCUT2D eigenvalue weighted by Crippen LogP contribution is 2.34. The highest BCUT2D eigenvalue weighted by Gasteiger charge is 2.15. The van der Waals surface area contributed by atoms with Gasteiger partial charge in [-0.3, -0.25) is 0 Å². The molecule has 0 saturated heterocycles. The third kappa shape index (κ3) is 5.66. The molecule has 0 radical (unpaired) electrons. The molecule has 1 aromatic carbocycles. The number of phenolic OH excluding ortho intramolecular Hbond substituents is 1. The minimum absolute atomic E-state index is 0.574. The number of phenols is 1. The lowest BCUT2D eigenvalue weighted by molar-refractivity contribution is 0.457. The fourth-order valence-electron chi connectivity index (χ4n) is 3.32. The Bertz CT molecular complexity index is 422. The molecule has 0 spiro atoms. The largest absolute Gasteiger partial charge is 0.507 e. The molecule has 0 aliphatic heterocycles. The molecule has 1 N–H and O–H groups in total. The van der Waals surface area contributed by atoms with Gasteiger partial charge >= 0.3 is 0 Å². The maximum atomic E-state index is 10.6. The molecule has 0 heterocycles. The zero-order chi connectivity index (χ0) is 16.4. The van der Waals surface area contributed by atoms with Crippen LogP contribution in [0.4, 0.5) is 0 Å². The summed E-state index contributed by atoms with van der Waals surface area (Å²) in [5.41, 5.74) is 3.83. The molecule has 22 heavy (non-hydrogen) atoms. The van der Waals surface area contributed by atoms with E-state index in [0.717, 1.165) is 25.7 Å². The third-order valence-electron chi connectivity index (χ3n) is 4.62. The maximum absolute atomic E-state index is 10.6. The second-order valence-corrected chi connectivity index (χ2v) is 6.67. The molecule has 0 amide bonds. The molecular weight excluding hydrogens is 268 g/mol. The number of hydrogen-bond acceptors (Lipinski definition) is 1. The van der Waals surface area contributed by atoms with Crippen LogP contribution >= 0.6 is 0 Å². The van der Waals surface area contributed by atoms with Crippen molar-refractivity contribution in [3.8, 4) is 5.75 Å². The van der Waals surface area contributed by atoms with Crippen LogP contribution in [0.15, 0.2) is 12.1 Å². The predicted octanol–water partition coefficient (Wildman–Crippen LogP) is 6.76. The number of rotatable bonds is 11. The first-order valence-corrected chi connectivity index (χ1v) is 9.52. The summed E-state index contributed by atoms with van der Waals surface area (Å²) in [5.74, 6) is 1.24. The van der Waals surface area contributed by atoms with E-state index < -0.39 is 0 Å². The fourth-order valence-corrected chi connectivity index (χ4v) is 3.32. The molecule has 1 unspecified atom stereocenters. The predicted molar refractivity (Wildman–Crippen MR) is 97.9 cm³/mol. The van der Waals surface area contributed by atoms with Gasteiger partial charge in [0, 0.05) is 0 Å². The Morgan fingerprint density at radius 1 is 0.773 bits per heavy atom. The molecule has 0 saturated carbocycles. The molecule has 1 aromatic rings. The third-order valence-corrected chi connectivity index (χ3v) is 4.62. The smallest absolute Gasteiger partial charge is 0.121 e. The van der Waals surface area contributed by atoms with Crippen molar-refractivity contribution in [2.24, 2.45) is 0 Å². The van der Waals surface area contributed by atoms with Gasteiger partial charge in [0.25, 0.3) is 0 Å². The van der Waals surface area contributed by atoms with Crippen molar-refractivity contribution in [2.75, 3.05) is 0 Å². The van der Waals surface area contributed by atoms with E-state index in [9.17, 15) is 5.11 Å². The van der Waals surface area contributed by atoms with Gasteiger partial charge in [0.1, 0.15) is 5.75 Å². The summed E-state index contributed by atoms with van der Waals surface area (Å²) in [6, 6.07) is 4.60. The van der Waals surface area contributed by atoms with Crippen molar-refractivity contribution in [1.29, 1.82) is 0 Å². The van der Waals surface area contributed by atoms with Crippen LogP contribution in [0.2, 0.25) is 0 Å². The zero-order valence-electron chi connectivity index (χ0n) is 15.3. The van der Waals surface area contributed by atoms with Crippen LogP contribution in [0.5, 0.6) is 5.75 Å². The van der Waals surface area contributed by atoms with Crippen molar-refractivity contribution in [2.45, 2.75) is 97.8 Å². The Labute approximate surface area is 138 Å². The summed E-state index contributed by atoms with van der Waals surface area (Å²) in [4.78, 5) is 0. The van der Waals surface area contributed by atoms with Gasteiger partial charge in [-0.1, -0.05) is 71.9 Å². The van der Waals surface area contributed by atoms with E-state index in [1.807, 2.05) is 0 Å². The molecule has 1 heteroatoms. The van der Waals surface area contributed by atoms with E-state index in [2.05, 4.69) is 39.8 Å². The van der Waals surface area contributed by atoms with E-state index in [0.29, 0.717) is 11.7 Å². The average Bonchev–Trinajstić information content (AvgIpc) is 2.52. The Balaban J connectivity index is 3.10. The van der Waals surface area contributed by atoms with Gasteiger partial charge in [-0.15, -0.1) is 0 Å². The number of benzene rings is 1. The Morgan fingerprint density at radius 2 is 1.41 bits per heavy atom. The van der Waals surface area contributed by atoms with Gasteiger partial charge in [-0.05, 0) is 54.7 Å². The lowest BCUT2D eigenvalue weighted by Crippen LogP contribution is -2.03. The van der Waals surface area contributed by atoms with Crippen molar-refractivity contribution in [1.82, 2.24) is 0 Å². The van der Waals surface area contributed by atoms with Gasteiger partial charge < -0.3 is 5.11 Å². The summed E-state index contributed by atoms with van der Waals surface area (Å²) in [6.45, 7) is 8.97. The van der Waals surface area contributed by atoms with Crippen LogP contribution < -0.4 is 0 Å². The molecule has 0 bridgehead atoms. The first kappa shape index (κ1) is 19.1. The second-order valence-electron chi connectivity index (χ2n) is 6.67. The highest BCUT2D eigenvalue weighted by atomic mass is 16.3. The van der Waals surface area contributed by atoms with Crippen molar-refractivity contribution < 1.29 is 5.11 Å². The summed E-state index contributed by atoms with van der Waals surface area (Å²) in [5, 5.41) is 10.6. The zero-order valence-corrected chi connectivity index (χ0v) is 15.3. The standard InChI is InChI=1S/C21H36O/c1-5-9-13-17(11-7-3)20-15-18(12-8-4)21(22)19(16-20)14-10-6-2/h15-17,22H,5-14H2,1-4H3. The van der Waals surface area contributed by atoms with E-state index in [-0.39, 0.29) is 0 Å². The van der Waals surface area contributed by atoms with Gasteiger partial charge in [-0.2, -0.15) is 0 Å². The number of aromatic hydroxyl groups is 1. The average molecular weight is 305 g/mol. The number of hydrogen-bond donors (Lipinski definition) is 1. The quantitative estimate of drug-likeness (QED) is 0.478. The van der Waals surface area contributed by atoms with Gasteiger partial charge in [0.2, 0.25) is 0 Å². The Morgan fingerprint density at radius 3 is 1.95 bits per heavy atom. The molecule has 0 aliphatic carbocycles. The molecule has 0 aromatic heterocycles. The maximum Gasteiger partial charge on any atom is 0.121 e. The lowest BCUT2D eigenvalue weighted by Gasteiger charge is -2.20. The molecule has 1 nitrogen and oxygen atoms in total. The van der Waals surface area contributed by atoms with Crippen LogP contribution in [0.25, 0.3) is 0 Å². The van der Waals surface area contributed by atoms with Gasteiger partial charge in [0.05, 0.1) is 0 Å². The Hall–Kier alpha value is -0.980. The molecule has 0 fully saturated rings. The van der Waals surface area contributed by atoms with E-state index in [4.69, 9.17) is 0 Å². The minimum Gasteiger partial charge on any atom is -0.507 e. The van der Waals surface area contributed by atoms with Crippen molar-refractivity contribution in [3.63, 3.8) is 0 Å². The van der Waals surface area contributed by atoms with Gasteiger partial charge in [0.15, 0.2) is 0 Å². The summed E-state index contributed by atoms with van der Waals surface area (Å²) >= 11 is 0. The molecular formula is C21H36O. The summed E-state index contributed by atoms with van der Waals surface area (Å²) in [7, 11) is 0. The van der Waals surface area contributed by atoms with E-state index in [1.54, 1.807) is 0 Å².